The van der Waals surface area contributed by atoms with E-state index in [4.69, 9.17) is 11.6 Å². The number of hydrogen-bond acceptors (Lipinski definition) is 0. The Hall–Kier alpha value is -1.28. The van der Waals surface area contributed by atoms with Gasteiger partial charge in [0.25, 0.3) is 0 Å². The highest BCUT2D eigenvalue weighted by Gasteiger charge is 1.99. The summed E-state index contributed by atoms with van der Waals surface area (Å²) >= 11 is 5.71. The van der Waals surface area contributed by atoms with Gasteiger partial charge in [-0.15, -0.1) is 0 Å². The van der Waals surface area contributed by atoms with Crippen molar-refractivity contribution in [3.63, 3.8) is 0 Å². The first kappa shape index (κ1) is 8.32. The van der Waals surface area contributed by atoms with Crippen LogP contribution in [0.4, 0.5) is 4.39 Å². The molecule has 2 rings (SSSR count). The van der Waals surface area contributed by atoms with Crippen molar-refractivity contribution in [2.75, 3.05) is 0 Å². The van der Waals surface area contributed by atoms with Gasteiger partial charge >= 0.3 is 0 Å². The van der Waals surface area contributed by atoms with Gasteiger partial charge in [0.15, 0.2) is 0 Å². The van der Waals surface area contributed by atoms with Crippen molar-refractivity contribution in [1.82, 2.24) is 4.57 Å². The molecule has 0 atom stereocenters. The summed E-state index contributed by atoms with van der Waals surface area (Å²) in [7, 11) is 0. The fourth-order valence-electron chi connectivity index (χ4n) is 1.19. The monoisotopic (exact) mass is 195 g/mol. The Balaban J connectivity index is 2.53. The maximum Gasteiger partial charge on any atom is 0.126 e. The standard InChI is InChI=1S/C10H7ClFN/c11-8-5-9(12)7-10(6-8)13-3-1-2-4-13/h1-7H. The lowest BCUT2D eigenvalue weighted by molar-refractivity contribution is 0.626. The number of aromatic nitrogens is 1. The smallest absolute Gasteiger partial charge is 0.126 e. The fraction of sp³-hybridized carbons (Fsp3) is 0. The van der Waals surface area contributed by atoms with E-state index in [1.165, 1.54) is 12.1 Å². The molecule has 0 fully saturated rings. The van der Waals surface area contributed by atoms with Crippen LogP contribution in [-0.2, 0) is 0 Å². The summed E-state index contributed by atoms with van der Waals surface area (Å²) in [6.45, 7) is 0. The second-order valence-electron chi connectivity index (χ2n) is 2.72. The molecule has 0 aliphatic heterocycles. The molecule has 1 aromatic heterocycles. The number of halogens is 2. The Labute approximate surface area is 80.4 Å². The average Bonchev–Trinajstić information content (AvgIpc) is 2.53. The Morgan fingerprint density at radius 1 is 1.08 bits per heavy atom. The van der Waals surface area contributed by atoms with Crippen molar-refractivity contribution < 1.29 is 4.39 Å². The van der Waals surface area contributed by atoms with Gasteiger partial charge in [-0.25, -0.2) is 4.39 Å². The zero-order chi connectivity index (χ0) is 9.26. The molecule has 13 heavy (non-hydrogen) atoms. The van der Waals surface area contributed by atoms with E-state index in [1.807, 2.05) is 24.5 Å². The summed E-state index contributed by atoms with van der Waals surface area (Å²) in [6.07, 6.45) is 3.68. The molecule has 0 amide bonds. The Morgan fingerprint density at radius 3 is 2.38 bits per heavy atom. The minimum Gasteiger partial charge on any atom is -0.324 e. The van der Waals surface area contributed by atoms with Crippen molar-refractivity contribution in [3.05, 3.63) is 53.6 Å². The van der Waals surface area contributed by atoms with Gasteiger partial charge in [-0.1, -0.05) is 11.6 Å². The molecule has 0 aliphatic rings. The van der Waals surface area contributed by atoms with E-state index in [2.05, 4.69) is 0 Å². The third-order valence-corrected chi connectivity index (χ3v) is 1.97. The van der Waals surface area contributed by atoms with E-state index >= 15 is 0 Å². The number of rotatable bonds is 1. The average molecular weight is 196 g/mol. The molecule has 0 saturated carbocycles. The van der Waals surface area contributed by atoms with Crippen molar-refractivity contribution in [3.8, 4) is 5.69 Å². The lowest BCUT2D eigenvalue weighted by Gasteiger charge is -2.02. The van der Waals surface area contributed by atoms with E-state index in [0.717, 1.165) is 5.69 Å². The van der Waals surface area contributed by atoms with E-state index in [1.54, 1.807) is 10.6 Å². The molecular formula is C10H7ClFN. The number of hydrogen-bond donors (Lipinski definition) is 0. The maximum atomic E-state index is 12.9. The van der Waals surface area contributed by atoms with Gasteiger partial charge in [0.05, 0.1) is 0 Å². The van der Waals surface area contributed by atoms with Crippen LogP contribution in [0.1, 0.15) is 0 Å². The fourth-order valence-corrected chi connectivity index (χ4v) is 1.41. The minimum atomic E-state index is -0.323. The third-order valence-electron chi connectivity index (χ3n) is 1.75. The number of nitrogens with zero attached hydrogens (tertiary/aromatic N) is 1. The summed E-state index contributed by atoms with van der Waals surface area (Å²) in [5.41, 5.74) is 0.731. The van der Waals surface area contributed by atoms with E-state index in [9.17, 15) is 4.39 Å². The summed E-state index contributed by atoms with van der Waals surface area (Å²) in [5.74, 6) is -0.323. The molecule has 2 aromatic rings. The third kappa shape index (κ3) is 1.73. The lowest BCUT2D eigenvalue weighted by atomic mass is 10.3. The first-order chi connectivity index (χ1) is 6.25. The molecular weight excluding hydrogens is 189 g/mol. The van der Waals surface area contributed by atoms with Crippen LogP contribution in [0.5, 0.6) is 0 Å². The lowest BCUT2D eigenvalue weighted by Crippen LogP contribution is -1.90. The predicted octanol–water partition coefficient (Wildman–Crippen LogP) is 3.27. The molecule has 0 unspecified atom stereocenters. The summed E-state index contributed by atoms with van der Waals surface area (Å²) < 4.78 is 14.7. The van der Waals surface area contributed by atoms with E-state index < -0.39 is 0 Å². The molecule has 3 heteroatoms. The Bertz CT molecular complexity index is 389. The van der Waals surface area contributed by atoms with Crippen molar-refractivity contribution in [2.45, 2.75) is 0 Å². The van der Waals surface area contributed by atoms with Gasteiger partial charge in [0, 0.05) is 23.1 Å². The van der Waals surface area contributed by atoms with Crippen molar-refractivity contribution in [2.24, 2.45) is 0 Å². The Morgan fingerprint density at radius 2 is 1.77 bits per heavy atom. The first-order valence-electron chi connectivity index (χ1n) is 3.85. The normalized spacial score (nSPS) is 10.3. The molecule has 0 radical (unpaired) electrons. The van der Waals surface area contributed by atoms with Gasteiger partial charge < -0.3 is 4.57 Å². The van der Waals surface area contributed by atoms with Gasteiger partial charge in [-0.2, -0.15) is 0 Å². The van der Waals surface area contributed by atoms with Crippen LogP contribution in [0.15, 0.2) is 42.7 Å². The van der Waals surface area contributed by atoms with E-state index in [0.29, 0.717) is 5.02 Å². The zero-order valence-corrected chi connectivity index (χ0v) is 7.50. The molecule has 0 N–H and O–H groups in total. The molecule has 1 aromatic carbocycles. The van der Waals surface area contributed by atoms with Crippen LogP contribution in [0.25, 0.3) is 5.69 Å². The molecule has 1 heterocycles. The molecule has 0 aliphatic carbocycles. The summed E-state index contributed by atoms with van der Waals surface area (Å²) in [4.78, 5) is 0. The van der Waals surface area contributed by atoms with Gasteiger partial charge in [-0.05, 0) is 30.3 Å². The van der Waals surface area contributed by atoms with Crippen LogP contribution in [-0.4, -0.2) is 4.57 Å². The molecule has 0 bridgehead atoms. The van der Waals surface area contributed by atoms with Gasteiger partial charge in [0.2, 0.25) is 0 Å². The molecule has 0 saturated heterocycles. The second kappa shape index (κ2) is 3.23. The topological polar surface area (TPSA) is 4.93 Å². The van der Waals surface area contributed by atoms with E-state index in [-0.39, 0.29) is 5.82 Å². The van der Waals surface area contributed by atoms with Crippen LogP contribution in [0, 0.1) is 5.82 Å². The molecule has 0 spiro atoms. The van der Waals surface area contributed by atoms with Gasteiger partial charge in [0.1, 0.15) is 5.82 Å². The predicted molar refractivity (Wildman–Crippen MR) is 50.7 cm³/mol. The minimum absolute atomic E-state index is 0.323. The maximum absolute atomic E-state index is 12.9. The van der Waals surface area contributed by atoms with Crippen LogP contribution >= 0.6 is 11.6 Å². The second-order valence-corrected chi connectivity index (χ2v) is 3.15. The summed E-state index contributed by atoms with van der Waals surface area (Å²) in [5, 5.41) is 0.406. The largest absolute Gasteiger partial charge is 0.324 e. The van der Waals surface area contributed by atoms with Crippen LogP contribution in [0.3, 0.4) is 0 Å². The summed E-state index contributed by atoms with van der Waals surface area (Å²) in [6, 6.07) is 8.18. The molecule has 66 valence electrons. The number of benzene rings is 1. The highest BCUT2D eigenvalue weighted by atomic mass is 35.5. The highest BCUT2D eigenvalue weighted by Crippen LogP contribution is 2.17. The Kier molecular flexibility index (Phi) is 2.07. The molecule has 1 nitrogen and oxygen atoms in total. The van der Waals surface area contributed by atoms with Crippen LogP contribution in [0.2, 0.25) is 5.02 Å². The van der Waals surface area contributed by atoms with Crippen molar-refractivity contribution in [1.29, 1.82) is 0 Å². The first-order valence-corrected chi connectivity index (χ1v) is 4.23. The SMILES string of the molecule is Fc1cc(Cl)cc(-n2cccc2)c1. The van der Waals surface area contributed by atoms with Crippen molar-refractivity contribution >= 4 is 11.6 Å². The van der Waals surface area contributed by atoms with Gasteiger partial charge in [-0.3, -0.25) is 0 Å². The van der Waals surface area contributed by atoms with Crippen LogP contribution < -0.4 is 0 Å². The zero-order valence-electron chi connectivity index (χ0n) is 6.74. The quantitative estimate of drug-likeness (QED) is 0.658. The highest BCUT2D eigenvalue weighted by molar-refractivity contribution is 6.30.